The third-order valence-electron chi connectivity index (χ3n) is 4.26. The molecule has 1 aliphatic rings. The molecule has 1 aromatic rings. The Morgan fingerprint density at radius 3 is 2.73 bits per heavy atom. The number of ether oxygens (including phenoxy) is 1. The fraction of sp³-hybridized carbons (Fsp3) is 0.588. The van der Waals surface area contributed by atoms with Crippen LogP contribution in [0, 0.1) is 5.92 Å². The average Bonchev–Trinajstić information content (AvgIpc) is 2.81. The van der Waals surface area contributed by atoms with Gasteiger partial charge in [-0.05, 0) is 57.9 Å². The number of likely N-dealkylation sites (tertiary alicyclic amines) is 1. The fourth-order valence-corrected chi connectivity index (χ4v) is 3.05. The molecule has 2 rings (SSSR count). The van der Waals surface area contributed by atoms with Crippen molar-refractivity contribution < 1.29 is 9.53 Å². The molecule has 5 heteroatoms. The second-order valence-corrected chi connectivity index (χ2v) is 5.93. The van der Waals surface area contributed by atoms with E-state index >= 15 is 0 Å². The summed E-state index contributed by atoms with van der Waals surface area (Å²) in [6.07, 6.45) is 1.15. The lowest BCUT2D eigenvalue weighted by Crippen LogP contribution is -2.27. The average molecular weight is 327 g/mol. The summed E-state index contributed by atoms with van der Waals surface area (Å²) in [7, 11) is 0. The predicted octanol–water partition coefficient (Wildman–Crippen LogP) is 2.88. The Balaban J connectivity index is 0.00000242. The van der Waals surface area contributed by atoms with Crippen LogP contribution in [0.3, 0.4) is 0 Å². The Labute approximate surface area is 139 Å². The summed E-state index contributed by atoms with van der Waals surface area (Å²) in [5, 5.41) is 0. The molecule has 4 nitrogen and oxygen atoms in total. The summed E-state index contributed by atoms with van der Waals surface area (Å²) in [6, 6.07) is 6.24. The zero-order valence-corrected chi connectivity index (χ0v) is 14.5. The number of hydrogen-bond donors (Lipinski definition) is 1. The molecule has 0 amide bonds. The molecule has 2 N–H and O–H groups in total. The van der Waals surface area contributed by atoms with E-state index in [1.165, 1.54) is 0 Å². The van der Waals surface area contributed by atoms with E-state index in [-0.39, 0.29) is 18.2 Å². The predicted molar refractivity (Wildman–Crippen MR) is 91.9 cm³/mol. The first-order chi connectivity index (χ1) is 10.0. The monoisotopic (exact) mass is 326 g/mol. The summed E-state index contributed by atoms with van der Waals surface area (Å²) >= 11 is 0. The summed E-state index contributed by atoms with van der Waals surface area (Å²) < 4.78 is 5.71. The Morgan fingerprint density at radius 1 is 1.45 bits per heavy atom. The minimum atomic E-state index is 0. The van der Waals surface area contributed by atoms with E-state index in [9.17, 15) is 4.79 Å². The van der Waals surface area contributed by atoms with Crippen molar-refractivity contribution in [2.75, 3.05) is 19.7 Å². The van der Waals surface area contributed by atoms with E-state index in [1.807, 2.05) is 25.1 Å². The number of carbonyl (C=O) groups excluding carboxylic acids is 1. The third-order valence-corrected chi connectivity index (χ3v) is 4.26. The van der Waals surface area contributed by atoms with Gasteiger partial charge in [-0.3, -0.25) is 9.69 Å². The van der Waals surface area contributed by atoms with Crippen LogP contribution in [0.5, 0.6) is 5.75 Å². The van der Waals surface area contributed by atoms with Crippen LogP contribution in [-0.4, -0.2) is 36.4 Å². The molecule has 0 aromatic heterocycles. The number of ketones is 1. The lowest BCUT2D eigenvalue weighted by molar-refractivity contribution is 0.101. The number of carbonyl (C=O) groups is 1. The van der Waals surface area contributed by atoms with Crippen molar-refractivity contribution in [1.82, 2.24) is 4.90 Å². The highest BCUT2D eigenvalue weighted by molar-refractivity contribution is 5.94. The number of benzene rings is 1. The Kier molecular flexibility index (Phi) is 7.33. The molecule has 2 unspecified atom stereocenters. The molecule has 2 atom stereocenters. The van der Waals surface area contributed by atoms with Crippen molar-refractivity contribution in [2.24, 2.45) is 11.7 Å². The van der Waals surface area contributed by atoms with E-state index in [0.29, 0.717) is 18.6 Å². The van der Waals surface area contributed by atoms with Gasteiger partial charge in [0.2, 0.25) is 0 Å². The second kappa shape index (κ2) is 8.51. The van der Waals surface area contributed by atoms with E-state index in [4.69, 9.17) is 10.5 Å². The standard InChI is InChI=1S/C17H26N2O2.ClH/c1-4-21-17-6-5-15(13(3)20)8-16(17)11-19-10-14(9-18)7-12(19)2;/h5-6,8,12,14H,4,7,9-11,18H2,1-3H3;1H. The normalized spacial score (nSPS) is 21.5. The molecule has 1 saturated heterocycles. The molecule has 0 bridgehead atoms. The Bertz CT molecular complexity index is 507. The van der Waals surface area contributed by atoms with E-state index in [1.54, 1.807) is 6.92 Å². The van der Waals surface area contributed by atoms with E-state index in [0.717, 1.165) is 42.9 Å². The van der Waals surface area contributed by atoms with Crippen LogP contribution in [0.4, 0.5) is 0 Å². The number of nitrogens with zero attached hydrogens (tertiary/aromatic N) is 1. The van der Waals surface area contributed by atoms with Gasteiger partial charge in [0.25, 0.3) is 0 Å². The third kappa shape index (κ3) is 4.45. The summed E-state index contributed by atoms with van der Waals surface area (Å²) in [5.74, 6) is 1.55. The molecule has 22 heavy (non-hydrogen) atoms. The minimum Gasteiger partial charge on any atom is -0.494 e. The summed E-state index contributed by atoms with van der Waals surface area (Å²) in [5.41, 5.74) is 7.63. The van der Waals surface area contributed by atoms with Crippen LogP contribution in [0.25, 0.3) is 0 Å². The van der Waals surface area contributed by atoms with Crippen molar-refractivity contribution in [1.29, 1.82) is 0 Å². The first-order valence-corrected chi connectivity index (χ1v) is 7.75. The fourth-order valence-electron chi connectivity index (χ4n) is 3.05. The number of halogens is 1. The molecule has 1 aliphatic heterocycles. The number of hydrogen-bond acceptors (Lipinski definition) is 4. The summed E-state index contributed by atoms with van der Waals surface area (Å²) in [4.78, 5) is 14.0. The zero-order valence-electron chi connectivity index (χ0n) is 13.7. The lowest BCUT2D eigenvalue weighted by Gasteiger charge is -2.23. The van der Waals surface area contributed by atoms with Crippen LogP contribution >= 0.6 is 12.4 Å². The maximum Gasteiger partial charge on any atom is 0.159 e. The highest BCUT2D eigenvalue weighted by atomic mass is 35.5. The van der Waals surface area contributed by atoms with Gasteiger partial charge >= 0.3 is 0 Å². The van der Waals surface area contributed by atoms with Gasteiger partial charge in [-0.1, -0.05) is 0 Å². The molecular formula is C17H27ClN2O2. The highest BCUT2D eigenvalue weighted by Gasteiger charge is 2.28. The number of rotatable bonds is 6. The Morgan fingerprint density at radius 2 is 2.18 bits per heavy atom. The molecule has 0 aliphatic carbocycles. The second-order valence-electron chi connectivity index (χ2n) is 5.93. The molecule has 1 fully saturated rings. The van der Waals surface area contributed by atoms with Gasteiger partial charge in [-0.2, -0.15) is 0 Å². The van der Waals surface area contributed by atoms with Crippen molar-refractivity contribution in [3.05, 3.63) is 29.3 Å². The van der Waals surface area contributed by atoms with E-state index in [2.05, 4.69) is 11.8 Å². The molecule has 1 heterocycles. The number of Topliss-reactive ketones (excluding diaryl/α,β-unsaturated/α-hetero) is 1. The first kappa shape index (κ1) is 18.9. The van der Waals surface area contributed by atoms with Crippen molar-refractivity contribution in [2.45, 2.75) is 39.8 Å². The number of nitrogens with two attached hydrogens (primary N) is 1. The Hall–Kier alpha value is -1.10. The topological polar surface area (TPSA) is 55.6 Å². The molecule has 124 valence electrons. The van der Waals surface area contributed by atoms with Crippen molar-refractivity contribution >= 4 is 18.2 Å². The molecule has 0 spiro atoms. The zero-order chi connectivity index (χ0) is 15.4. The molecule has 0 radical (unpaired) electrons. The van der Waals surface area contributed by atoms with Gasteiger partial charge in [-0.15, -0.1) is 12.4 Å². The first-order valence-electron chi connectivity index (χ1n) is 7.75. The maximum absolute atomic E-state index is 11.6. The van der Waals surface area contributed by atoms with Gasteiger partial charge < -0.3 is 10.5 Å². The van der Waals surface area contributed by atoms with E-state index < -0.39 is 0 Å². The molecule has 0 saturated carbocycles. The largest absolute Gasteiger partial charge is 0.494 e. The summed E-state index contributed by atoms with van der Waals surface area (Å²) in [6.45, 7) is 9.03. The SMILES string of the molecule is CCOc1ccc(C(C)=O)cc1CN1CC(CN)CC1C.Cl. The quantitative estimate of drug-likeness (QED) is 0.817. The molecular weight excluding hydrogens is 300 g/mol. The van der Waals surface area contributed by atoms with Crippen LogP contribution in [0.1, 0.15) is 43.1 Å². The maximum atomic E-state index is 11.6. The minimum absolute atomic E-state index is 0. The van der Waals surface area contributed by atoms with Gasteiger partial charge in [0, 0.05) is 30.3 Å². The smallest absolute Gasteiger partial charge is 0.159 e. The van der Waals surface area contributed by atoms with Crippen LogP contribution < -0.4 is 10.5 Å². The van der Waals surface area contributed by atoms with Crippen LogP contribution in [0.2, 0.25) is 0 Å². The van der Waals surface area contributed by atoms with Crippen molar-refractivity contribution in [3.63, 3.8) is 0 Å². The van der Waals surface area contributed by atoms with Gasteiger partial charge in [-0.25, -0.2) is 0 Å². The molecule has 1 aromatic carbocycles. The lowest BCUT2D eigenvalue weighted by atomic mass is 10.1. The van der Waals surface area contributed by atoms with Gasteiger partial charge in [0.15, 0.2) is 5.78 Å². The van der Waals surface area contributed by atoms with Crippen molar-refractivity contribution in [3.8, 4) is 5.75 Å². The van der Waals surface area contributed by atoms with Crippen LogP contribution in [-0.2, 0) is 6.54 Å². The highest BCUT2D eigenvalue weighted by Crippen LogP contribution is 2.28. The van der Waals surface area contributed by atoms with Gasteiger partial charge in [0.05, 0.1) is 6.61 Å². The van der Waals surface area contributed by atoms with Gasteiger partial charge in [0.1, 0.15) is 5.75 Å². The van der Waals surface area contributed by atoms with Crippen LogP contribution in [0.15, 0.2) is 18.2 Å².